The van der Waals surface area contributed by atoms with E-state index >= 15 is 0 Å². The zero-order valence-electron chi connectivity index (χ0n) is 14.6. The molecule has 4 rings (SSSR count). The molecule has 1 aliphatic heterocycles. The lowest BCUT2D eigenvalue weighted by Gasteiger charge is -2.22. The maximum absolute atomic E-state index is 13.4. The number of hydrogen-bond acceptors (Lipinski definition) is 2. The van der Waals surface area contributed by atoms with E-state index in [0.717, 1.165) is 34.5 Å². The number of hydrogen-bond donors (Lipinski definition) is 2. The minimum Gasteiger partial charge on any atom is -0.356 e. The van der Waals surface area contributed by atoms with Gasteiger partial charge in [-0.15, -0.1) is 6.42 Å². The van der Waals surface area contributed by atoms with Crippen LogP contribution in [0.3, 0.4) is 0 Å². The van der Waals surface area contributed by atoms with E-state index in [2.05, 4.69) is 16.2 Å². The minimum absolute atomic E-state index is 0.0332. The fourth-order valence-corrected chi connectivity index (χ4v) is 3.40. The molecule has 4 nitrogen and oxygen atoms in total. The third-order valence-corrected chi connectivity index (χ3v) is 4.83. The number of imidazole rings is 1. The number of benzene rings is 2. The van der Waals surface area contributed by atoms with Crippen molar-refractivity contribution < 1.29 is 9.18 Å². The quantitative estimate of drug-likeness (QED) is 0.698. The second-order valence-corrected chi connectivity index (χ2v) is 6.62. The van der Waals surface area contributed by atoms with Crippen LogP contribution in [0.1, 0.15) is 30.0 Å². The number of carbonyl (C=O) groups is 1. The molecular weight excluding hydrogens is 341 g/mol. The molecule has 1 aromatic heterocycles. The largest absolute Gasteiger partial charge is 0.356 e. The Kier molecular flexibility index (Phi) is 4.47. The third-order valence-electron chi connectivity index (χ3n) is 4.83. The Hall–Kier alpha value is -3.39. The highest BCUT2D eigenvalue weighted by molar-refractivity contribution is 5.78. The second kappa shape index (κ2) is 7.08. The number of terminal acetylenes is 1. The van der Waals surface area contributed by atoms with Gasteiger partial charge in [0.25, 0.3) is 0 Å². The number of rotatable bonds is 3. The van der Waals surface area contributed by atoms with Crippen molar-refractivity contribution in [1.82, 2.24) is 15.3 Å². The molecule has 1 amide bonds. The number of H-pyrrole nitrogens is 1. The van der Waals surface area contributed by atoms with Crippen LogP contribution in [-0.2, 0) is 4.79 Å². The van der Waals surface area contributed by atoms with Crippen molar-refractivity contribution in [3.8, 4) is 35.0 Å². The van der Waals surface area contributed by atoms with Crippen molar-refractivity contribution in [3.63, 3.8) is 0 Å². The van der Waals surface area contributed by atoms with E-state index in [1.165, 1.54) is 12.1 Å². The lowest BCUT2D eigenvalue weighted by molar-refractivity contribution is -0.122. The van der Waals surface area contributed by atoms with Crippen LogP contribution in [0.5, 0.6) is 0 Å². The maximum Gasteiger partial charge on any atom is 0.220 e. The molecule has 1 aliphatic rings. The van der Waals surface area contributed by atoms with Crippen LogP contribution >= 0.6 is 0 Å². The summed E-state index contributed by atoms with van der Waals surface area (Å²) in [5.74, 6) is 3.09. The van der Waals surface area contributed by atoms with Crippen molar-refractivity contribution >= 4 is 5.91 Å². The van der Waals surface area contributed by atoms with E-state index in [1.54, 1.807) is 12.1 Å². The molecule has 3 aromatic rings. The predicted molar refractivity (Wildman–Crippen MR) is 102 cm³/mol. The van der Waals surface area contributed by atoms with Gasteiger partial charge in [-0.25, -0.2) is 9.37 Å². The van der Waals surface area contributed by atoms with E-state index in [0.29, 0.717) is 18.8 Å². The first-order valence-corrected chi connectivity index (χ1v) is 8.83. The number of nitrogens with zero attached hydrogens (tertiary/aromatic N) is 1. The summed E-state index contributed by atoms with van der Waals surface area (Å²) in [5, 5.41) is 2.86. The monoisotopic (exact) mass is 359 g/mol. The van der Waals surface area contributed by atoms with Crippen LogP contribution in [0.2, 0.25) is 0 Å². The number of aromatic nitrogens is 2. The number of piperidine rings is 1. The summed E-state index contributed by atoms with van der Waals surface area (Å²) in [6.07, 6.45) is 6.66. The summed E-state index contributed by atoms with van der Waals surface area (Å²) in [4.78, 5) is 20.0. The predicted octanol–water partition coefficient (Wildman–Crippen LogP) is 3.86. The molecule has 5 heteroatoms. The zero-order valence-corrected chi connectivity index (χ0v) is 14.6. The highest BCUT2D eigenvalue weighted by atomic mass is 19.1. The topological polar surface area (TPSA) is 57.8 Å². The van der Waals surface area contributed by atoms with Crippen molar-refractivity contribution in [3.05, 3.63) is 65.6 Å². The Morgan fingerprint density at radius 2 is 1.78 bits per heavy atom. The van der Waals surface area contributed by atoms with Crippen molar-refractivity contribution in [2.75, 3.05) is 6.54 Å². The molecule has 1 saturated heterocycles. The Balaban J connectivity index is 1.79. The molecule has 0 bridgehead atoms. The van der Waals surface area contributed by atoms with E-state index < -0.39 is 0 Å². The van der Waals surface area contributed by atoms with E-state index in [9.17, 15) is 9.18 Å². The molecule has 0 radical (unpaired) electrons. The fraction of sp³-hybridized carbons (Fsp3) is 0.182. The fourth-order valence-electron chi connectivity index (χ4n) is 3.40. The molecule has 134 valence electrons. The first-order chi connectivity index (χ1) is 13.1. The normalized spacial score (nSPS) is 16.6. The van der Waals surface area contributed by atoms with Gasteiger partial charge in [-0.3, -0.25) is 4.79 Å². The van der Waals surface area contributed by atoms with Crippen LogP contribution in [0.4, 0.5) is 4.39 Å². The molecule has 1 unspecified atom stereocenters. The van der Waals surface area contributed by atoms with Gasteiger partial charge in [-0.2, -0.15) is 0 Å². The van der Waals surface area contributed by atoms with Gasteiger partial charge < -0.3 is 10.3 Å². The van der Waals surface area contributed by atoms with Gasteiger partial charge in [0.05, 0.1) is 5.69 Å². The Labute approximate surface area is 156 Å². The third kappa shape index (κ3) is 3.47. The molecule has 0 spiro atoms. The Bertz CT molecular complexity index is 1010. The van der Waals surface area contributed by atoms with Gasteiger partial charge in [-0.05, 0) is 42.8 Å². The molecule has 0 aliphatic carbocycles. The second-order valence-electron chi connectivity index (χ2n) is 6.62. The van der Waals surface area contributed by atoms with Crippen molar-refractivity contribution in [1.29, 1.82) is 0 Å². The average Bonchev–Trinajstić information content (AvgIpc) is 3.14. The summed E-state index contributed by atoms with van der Waals surface area (Å²) in [6.45, 7) is 0.636. The molecule has 2 N–H and O–H groups in total. The molecule has 1 fully saturated rings. The van der Waals surface area contributed by atoms with Crippen LogP contribution in [0.15, 0.2) is 48.5 Å². The standard InChI is InChI=1S/C22H18FN3O/c1-2-14-3-5-16(6-4-14)22-25-20(15-7-9-18(23)10-8-15)21(26-22)17-11-12-24-19(27)13-17/h1,3-10,17H,11-13H2,(H,24,27)(H,25,26). The molecule has 2 aromatic carbocycles. The first-order valence-electron chi connectivity index (χ1n) is 8.83. The van der Waals surface area contributed by atoms with Gasteiger partial charge in [0.15, 0.2) is 0 Å². The Morgan fingerprint density at radius 1 is 1.07 bits per heavy atom. The average molecular weight is 359 g/mol. The van der Waals surface area contributed by atoms with E-state index in [4.69, 9.17) is 11.4 Å². The SMILES string of the molecule is C#Cc1ccc(-c2nc(-c3ccc(F)cc3)c(C3CCNC(=O)C3)[nH]2)cc1. The van der Waals surface area contributed by atoms with Gasteiger partial charge in [0.2, 0.25) is 5.91 Å². The summed E-state index contributed by atoms with van der Waals surface area (Å²) < 4.78 is 13.4. The van der Waals surface area contributed by atoms with Crippen LogP contribution in [0.25, 0.3) is 22.6 Å². The first kappa shape index (κ1) is 17.0. The van der Waals surface area contributed by atoms with Gasteiger partial charge >= 0.3 is 0 Å². The number of carbonyl (C=O) groups excluding carboxylic acids is 1. The lowest BCUT2D eigenvalue weighted by Crippen LogP contribution is -2.32. The number of halogens is 1. The molecule has 0 saturated carbocycles. The van der Waals surface area contributed by atoms with Crippen molar-refractivity contribution in [2.45, 2.75) is 18.8 Å². The van der Waals surface area contributed by atoms with Gasteiger partial charge in [-0.1, -0.05) is 18.1 Å². The number of amides is 1. The highest BCUT2D eigenvalue weighted by Gasteiger charge is 2.26. The van der Waals surface area contributed by atoms with Gasteiger partial charge in [0, 0.05) is 41.3 Å². The van der Waals surface area contributed by atoms with E-state index in [1.807, 2.05) is 24.3 Å². The molecule has 2 heterocycles. The van der Waals surface area contributed by atoms with Crippen molar-refractivity contribution in [2.24, 2.45) is 0 Å². The zero-order chi connectivity index (χ0) is 18.8. The molecule has 1 atom stereocenters. The smallest absolute Gasteiger partial charge is 0.220 e. The van der Waals surface area contributed by atoms with Crippen LogP contribution in [0, 0.1) is 18.2 Å². The lowest BCUT2D eigenvalue weighted by atomic mass is 9.91. The van der Waals surface area contributed by atoms with Crippen LogP contribution in [-0.4, -0.2) is 22.4 Å². The Morgan fingerprint density at radius 3 is 2.44 bits per heavy atom. The summed E-state index contributed by atoms with van der Waals surface area (Å²) in [5.41, 5.74) is 4.19. The number of aromatic amines is 1. The summed E-state index contributed by atoms with van der Waals surface area (Å²) in [7, 11) is 0. The molecular formula is C22H18FN3O. The maximum atomic E-state index is 13.4. The molecule has 27 heavy (non-hydrogen) atoms. The van der Waals surface area contributed by atoms with Gasteiger partial charge in [0.1, 0.15) is 11.6 Å². The summed E-state index contributed by atoms with van der Waals surface area (Å²) in [6, 6.07) is 13.8. The minimum atomic E-state index is -0.294. The number of nitrogens with one attached hydrogen (secondary N) is 2. The summed E-state index contributed by atoms with van der Waals surface area (Å²) >= 11 is 0. The highest BCUT2D eigenvalue weighted by Crippen LogP contribution is 2.35. The van der Waals surface area contributed by atoms with Crippen LogP contribution < -0.4 is 5.32 Å². The van der Waals surface area contributed by atoms with E-state index in [-0.39, 0.29) is 17.6 Å².